The molecule has 1 aliphatic rings. The van der Waals surface area contributed by atoms with Crippen LogP contribution in [-0.2, 0) is 10.3 Å². The lowest BCUT2D eigenvalue weighted by Gasteiger charge is -2.48. The highest BCUT2D eigenvalue weighted by Gasteiger charge is 2.60. The van der Waals surface area contributed by atoms with Gasteiger partial charge in [-0.2, -0.15) is 0 Å². The van der Waals surface area contributed by atoms with Crippen LogP contribution in [-0.4, -0.2) is 33.5 Å². The number of aromatic hydroxyl groups is 1. The Labute approximate surface area is 125 Å². The molecule has 21 heavy (non-hydrogen) atoms. The molecule has 1 atom stereocenters. The first-order valence-electron chi connectivity index (χ1n) is 6.99. The fourth-order valence-electron chi connectivity index (χ4n) is 3.20. The minimum atomic E-state index is -1.01. The predicted molar refractivity (Wildman–Crippen MR) is 79.1 cm³/mol. The van der Waals surface area contributed by atoms with Gasteiger partial charge in [0.25, 0.3) is 0 Å². The number of nitrogens with zero attached hydrogens (tertiary/aromatic N) is 1. The SMILES string of the molecule is CC1(C)OC[C@@](c2ccc(O)cc2)(C(C)(C)C)N1C(=O)O. The second kappa shape index (κ2) is 4.63. The van der Waals surface area contributed by atoms with E-state index in [2.05, 4.69) is 0 Å². The van der Waals surface area contributed by atoms with Crippen molar-refractivity contribution in [3.63, 3.8) is 0 Å². The fraction of sp³-hybridized carbons (Fsp3) is 0.562. The highest BCUT2D eigenvalue weighted by molar-refractivity contribution is 5.68. The molecular weight excluding hydrogens is 270 g/mol. The molecule has 0 spiro atoms. The molecule has 5 heteroatoms. The van der Waals surface area contributed by atoms with Gasteiger partial charge in [0, 0.05) is 0 Å². The van der Waals surface area contributed by atoms with Gasteiger partial charge >= 0.3 is 6.09 Å². The van der Waals surface area contributed by atoms with E-state index < -0.39 is 17.4 Å². The Morgan fingerprint density at radius 3 is 2.19 bits per heavy atom. The zero-order valence-electron chi connectivity index (χ0n) is 13.2. The Balaban J connectivity index is 2.69. The molecular formula is C16H23NO4. The summed E-state index contributed by atoms with van der Waals surface area (Å²) in [6.45, 7) is 9.80. The summed E-state index contributed by atoms with van der Waals surface area (Å²) in [5.41, 5.74) is -1.27. The van der Waals surface area contributed by atoms with E-state index in [0.29, 0.717) is 0 Å². The third kappa shape index (κ3) is 2.25. The Kier molecular flexibility index (Phi) is 3.45. The summed E-state index contributed by atoms with van der Waals surface area (Å²) in [5, 5.41) is 19.3. The summed E-state index contributed by atoms with van der Waals surface area (Å²) >= 11 is 0. The van der Waals surface area contributed by atoms with Crippen molar-refractivity contribution in [2.45, 2.75) is 45.9 Å². The molecule has 0 unspecified atom stereocenters. The number of hydrogen-bond donors (Lipinski definition) is 2. The van der Waals surface area contributed by atoms with Gasteiger partial charge in [-0.1, -0.05) is 32.9 Å². The standard InChI is InChI=1S/C16H23NO4/c1-14(2,3)16(11-6-8-12(18)9-7-11)10-21-15(4,5)17(16)13(19)20/h6-9,18H,10H2,1-5H3,(H,19,20)/t16-/m1/s1. The van der Waals surface area contributed by atoms with Gasteiger partial charge in [-0.25, -0.2) is 4.79 Å². The summed E-state index contributed by atoms with van der Waals surface area (Å²) in [4.78, 5) is 13.3. The van der Waals surface area contributed by atoms with Gasteiger partial charge < -0.3 is 14.9 Å². The minimum absolute atomic E-state index is 0.155. The number of carbonyl (C=O) groups is 1. The van der Waals surface area contributed by atoms with Gasteiger partial charge in [0.2, 0.25) is 0 Å². The number of hydrogen-bond acceptors (Lipinski definition) is 3. The van der Waals surface area contributed by atoms with Crippen LogP contribution in [0.1, 0.15) is 40.2 Å². The van der Waals surface area contributed by atoms with Crippen LogP contribution in [0.3, 0.4) is 0 Å². The molecule has 2 N–H and O–H groups in total. The molecule has 1 fully saturated rings. The Morgan fingerprint density at radius 1 is 1.24 bits per heavy atom. The van der Waals surface area contributed by atoms with Gasteiger partial charge in [-0.3, -0.25) is 4.90 Å². The first kappa shape index (κ1) is 15.6. The van der Waals surface area contributed by atoms with E-state index in [9.17, 15) is 15.0 Å². The smallest absolute Gasteiger partial charge is 0.410 e. The number of amides is 1. The Hall–Kier alpha value is -1.75. The monoisotopic (exact) mass is 293 g/mol. The Bertz CT molecular complexity index is 544. The Morgan fingerprint density at radius 2 is 1.76 bits per heavy atom. The second-order valence-corrected chi connectivity index (χ2v) is 7.01. The molecule has 1 amide bonds. The van der Waals surface area contributed by atoms with E-state index in [4.69, 9.17) is 4.74 Å². The van der Waals surface area contributed by atoms with Crippen molar-refractivity contribution in [1.29, 1.82) is 0 Å². The van der Waals surface area contributed by atoms with Gasteiger partial charge in [-0.05, 0) is 37.0 Å². The number of phenolic OH excluding ortho intramolecular Hbond substituents is 1. The summed E-state index contributed by atoms with van der Waals surface area (Å²) in [7, 11) is 0. The highest BCUT2D eigenvalue weighted by Crippen LogP contribution is 2.52. The van der Waals surface area contributed by atoms with Crippen LogP contribution in [0.4, 0.5) is 4.79 Å². The predicted octanol–water partition coefficient (Wildman–Crippen LogP) is 3.38. The molecule has 0 aromatic heterocycles. The quantitative estimate of drug-likeness (QED) is 0.832. The van der Waals surface area contributed by atoms with E-state index in [-0.39, 0.29) is 17.8 Å². The molecule has 0 radical (unpaired) electrons. The van der Waals surface area contributed by atoms with Crippen molar-refractivity contribution in [2.24, 2.45) is 5.41 Å². The van der Waals surface area contributed by atoms with E-state index in [0.717, 1.165) is 5.56 Å². The molecule has 2 rings (SSSR count). The maximum absolute atomic E-state index is 11.9. The van der Waals surface area contributed by atoms with Crippen molar-refractivity contribution in [1.82, 2.24) is 4.90 Å². The maximum Gasteiger partial charge on any atom is 0.410 e. The number of rotatable bonds is 1. The lowest BCUT2D eigenvalue weighted by molar-refractivity contribution is -0.0584. The van der Waals surface area contributed by atoms with Crippen LogP contribution >= 0.6 is 0 Å². The molecule has 5 nitrogen and oxygen atoms in total. The maximum atomic E-state index is 11.9. The second-order valence-electron chi connectivity index (χ2n) is 7.01. The zero-order valence-corrected chi connectivity index (χ0v) is 13.2. The van der Waals surface area contributed by atoms with E-state index in [1.165, 1.54) is 4.90 Å². The largest absolute Gasteiger partial charge is 0.508 e. The van der Waals surface area contributed by atoms with Crippen LogP contribution in [0.15, 0.2) is 24.3 Å². The summed E-state index contributed by atoms with van der Waals surface area (Å²) in [6, 6.07) is 6.69. The van der Waals surface area contributed by atoms with Crippen LogP contribution in [0.2, 0.25) is 0 Å². The molecule has 116 valence electrons. The minimum Gasteiger partial charge on any atom is -0.508 e. The fourth-order valence-corrected chi connectivity index (χ4v) is 3.20. The first-order valence-corrected chi connectivity index (χ1v) is 6.99. The van der Waals surface area contributed by atoms with Crippen molar-refractivity contribution in [2.75, 3.05) is 6.61 Å². The van der Waals surface area contributed by atoms with E-state index in [1.54, 1.807) is 38.1 Å². The molecule has 1 aromatic rings. The molecule has 0 bridgehead atoms. The number of ether oxygens (including phenoxy) is 1. The van der Waals surface area contributed by atoms with Gasteiger partial charge in [-0.15, -0.1) is 0 Å². The van der Waals surface area contributed by atoms with Gasteiger partial charge in [0.05, 0.1) is 6.61 Å². The molecule has 1 aliphatic heterocycles. The number of phenols is 1. The van der Waals surface area contributed by atoms with Crippen molar-refractivity contribution >= 4 is 6.09 Å². The zero-order chi connectivity index (χ0) is 16.1. The summed E-state index contributed by atoms with van der Waals surface area (Å²) < 4.78 is 5.82. The van der Waals surface area contributed by atoms with Crippen LogP contribution < -0.4 is 0 Å². The van der Waals surface area contributed by atoms with Crippen LogP contribution in [0.25, 0.3) is 0 Å². The molecule has 1 saturated heterocycles. The number of benzene rings is 1. The summed E-state index contributed by atoms with van der Waals surface area (Å²) in [5.74, 6) is 0.155. The van der Waals surface area contributed by atoms with Crippen LogP contribution in [0, 0.1) is 5.41 Å². The molecule has 1 aromatic carbocycles. The average Bonchev–Trinajstić information content (AvgIpc) is 2.62. The topological polar surface area (TPSA) is 70.0 Å². The molecule has 1 heterocycles. The van der Waals surface area contributed by atoms with Crippen molar-refractivity contribution in [3.8, 4) is 5.75 Å². The van der Waals surface area contributed by atoms with Crippen LogP contribution in [0.5, 0.6) is 5.75 Å². The lowest BCUT2D eigenvalue weighted by Crippen LogP contribution is -2.59. The van der Waals surface area contributed by atoms with Gasteiger partial charge in [0.15, 0.2) is 0 Å². The summed E-state index contributed by atoms with van der Waals surface area (Å²) in [6.07, 6.45) is -1.01. The third-order valence-electron chi connectivity index (χ3n) is 4.33. The molecule has 0 aliphatic carbocycles. The van der Waals surface area contributed by atoms with Gasteiger partial charge in [0.1, 0.15) is 17.0 Å². The lowest BCUT2D eigenvalue weighted by atomic mass is 9.68. The van der Waals surface area contributed by atoms with E-state index in [1.807, 2.05) is 20.8 Å². The van der Waals surface area contributed by atoms with Crippen molar-refractivity contribution in [3.05, 3.63) is 29.8 Å². The van der Waals surface area contributed by atoms with Crippen molar-refractivity contribution < 1.29 is 19.7 Å². The third-order valence-corrected chi connectivity index (χ3v) is 4.33. The average molecular weight is 293 g/mol. The first-order chi connectivity index (χ1) is 9.52. The highest BCUT2D eigenvalue weighted by atomic mass is 16.5. The number of carboxylic acid groups (broad SMARTS) is 1. The normalized spacial score (nSPS) is 25.1. The van der Waals surface area contributed by atoms with E-state index >= 15 is 0 Å². The molecule has 0 saturated carbocycles.